The first-order valence-electron chi connectivity index (χ1n) is 24.5. The molecule has 0 bridgehead atoms. The van der Waals surface area contributed by atoms with E-state index in [9.17, 15) is 0 Å². The summed E-state index contributed by atoms with van der Waals surface area (Å²) in [6.07, 6.45) is 9.40. The van der Waals surface area contributed by atoms with E-state index in [1.165, 1.54) is 81.4 Å². The molecule has 12 aromatic rings. The maximum Gasteiger partial charge on any atom is 0.0880 e. The van der Waals surface area contributed by atoms with E-state index >= 15 is 0 Å². The number of fused-ring (bicyclic) bond motifs is 3. The molecule has 0 saturated heterocycles. The Morgan fingerprint density at radius 2 is 0.803 bits per heavy atom. The van der Waals surface area contributed by atoms with E-state index in [1.54, 1.807) is 0 Å². The van der Waals surface area contributed by atoms with Gasteiger partial charge in [0, 0.05) is 50.8 Å². The smallest absolute Gasteiger partial charge is 0.0880 e. The third-order valence-electron chi connectivity index (χ3n) is 13.7. The van der Waals surface area contributed by atoms with Gasteiger partial charge in [-0.25, -0.2) is 0 Å². The molecular weight excluding hydrogens is 879 g/mol. The highest BCUT2D eigenvalue weighted by molar-refractivity contribution is 7.26. The Bertz CT molecular complexity index is 3670. The summed E-state index contributed by atoms with van der Waals surface area (Å²) in [6, 6.07) is 83.8. The molecule has 12 rings (SSSR count). The van der Waals surface area contributed by atoms with E-state index in [4.69, 9.17) is 4.98 Å². The maximum absolute atomic E-state index is 5.07. The molecule has 4 heterocycles. The summed E-state index contributed by atoms with van der Waals surface area (Å²) in [4.78, 5) is 14.2. The van der Waals surface area contributed by atoms with Crippen molar-refractivity contribution in [3.63, 3.8) is 0 Å². The fourth-order valence-electron chi connectivity index (χ4n) is 10.0. The number of nitrogens with zero attached hydrogens (tertiary/aromatic N) is 3. The Hall–Kier alpha value is -8.57. The van der Waals surface area contributed by atoms with E-state index < -0.39 is 0 Å². The number of hydrogen-bond acceptors (Lipinski definition) is 4. The van der Waals surface area contributed by atoms with Gasteiger partial charge >= 0.3 is 0 Å². The molecule has 71 heavy (non-hydrogen) atoms. The number of aryl methyl sites for hydroxylation is 4. The summed E-state index contributed by atoms with van der Waals surface area (Å²) >= 11 is 1.82. The van der Waals surface area contributed by atoms with Crippen LogP contribution in [-0.2, 0) is 25.7 Å². The van der Waals surface area contributed by atoms with Crippen LogP contribution in [0.15, 0.2) is 249 Å². The number of thiophene rings is 1. The summed E-state index contributed by atoms with van der Waals surface area (Å²) in [5, 5.41) is 2.52. The minimum atomic E-state index is 0.925. The Morgan fingerprint density at radius 3 is 1.45 bits per heavy atom. The van der Waals surface area contributed by atoms with Gasteiger partial charge in [-0.05, 0) is 135 Å². The standard InChI is InChI=1S/C67H49N3S/c1-2-12-50(13-3-1)51-32-34-52(35-33-51)62-45-55(66-67-61(38-41-70-66)60-16-6-7-19-65(60)71-67)36-37-59(62)58-15-5-4-14-57(58)56-43-48(22-20-46-24-28-53(29-25-46)63-17-8-10-39-68-63)42-49(44-56)23-21-47-26-30-54(31-27-47)64-18-9-11-40-69-64/h1-19,24-45H,20-23H2. The van der Waals surface area contributed by atoms with E-state index in [1.807, 2.05) is 54.2 Å². The average molecular weight is 928 g/mol. The van der Waals surface area contributed by atoms with Gasteiger partial charge in [0.05, 0.1) is 21.8 Å². The molecule has 3 nitrogen and oxygen atoms in total. The second-order valence-corrected chi connectivity index (χ2v) is 19.3. The van der Waals surface area contributed by atoms with Crippen molar-refractivity contribution in [2.45, 2.75) is 25.7 Å². The lowest BCUT2D eigenvalue weighted by molar-refractivity contribution is 0.931. The van der Waals surface area contributed by atoms with Crippen molar-refractivity contribution in [1.29, 1.82) is 0 Å². The minimum absolute atomic E-state index is 0.925. The Labute approximate surface area is 419 Å². The number of rotatable bonds is 13. The highest BCUT2D eigenvalue weighted by Crippen LogP contribution is 2.44. The second-order valence-electron chi connectivity index (χ2n) is 18.2. The molecule has 4 aromatic heterocycles. The van der Waals surface area contributed by atoms with Crippen molar-refractivity contribution in [2.75, 3.05) is 0 Å². The predicted molar refractivity (Wildman–Crippen MR) is 298 cm³/mol. The Kier molecular flexibility index (Phi) is 12.2. The van der Waals surface area contributed by atoms with Crippen LogP contribution in [0.4, 0.5) is 0 Å². The molecule has 0 aliphatic carbocycles. The molecule has 4 heteroatoms. The summed E-state index contributed by atoms with van der Waals surface area (Å²) in [5.41, 5.74) is 21.3. The molecule has 0 aliphatic heterocycles. The van der Waals surface area contributed by atoms with Gasteiger partial charge in [-0.2, -0.15) is 0 Å². The quantitative estimate of drug-likeness (QED) is 0.116. The molecule has 0 fully saturated rings. The van der Waals surface area contributed by atoms with Crippen molar-refractivity contribution >= 4 is 31.5 Å². The molecule has 0 amide bonds. The van der Waals surface area contributed by atoms with Crippen LogP contribution in [0.25, 0.3) is 98.5 Å². The van der Waals surface area contributed by atoms with Gasteiger partial charge in [0.1, 0.15) is 0 Å². The van der Waals surface area contributed by atoms with Gasteiger partial charge in [-0.1, -0.05) is 188 Å². The monoisotopic (exact) mass is 927 g/mol. The highest BCUT2D eigenvalue weighted by atomic mass is 32.1. The summed E-state index contributed by atoms with van der Waals surface area (Å²) in [5.74, 6) is 0. The van der Waals surface area contributed by atoms with Crippen LogP contribution in [-0.4, -0.2) is 15.0 Å². The summed E-state index contributed by atoms with van der Waals surface area (Å²) in [7, 11) is 0. The topological polar surface area (TPSA) is 38.7 Å². The fraction of sp³-hybridized carbons (Fsp3) is 0.0597. The molecule has 8 aromatic carbocycles. The first kappa shape index (κ1) is 43.7. The zero-order valence-electron chi connectivity index (χ0n) is 39.2. The van der Waals surface area contributed by atoms with Crippen LogP contribution < -0.4 is 0 Å². The largest absolute Gasteiger partial charge is 0.256 e. The van der Waals surface area contributed by atoms with Crippen LogP contribution in [0.2, 0.25) is 0 Å². The van der Waals surface area contributed by atoms with E-state index in [-0.39, 0.29) is 0 Å². The molecule has 0 N–H and O–H groups in total. The van der Waals surface area contributed by atoms with Crippen LogP contribution in [0.1, 0.15) is 22.3 Å². The molecule has 0 aliphatic rings. The van der Waals surface area contributed by atoms with Gasteiger partial charge in [0.15, 0.2) is 0 Å². The minimum Gasteiger partial charge on any atom is -0.256 e. The molecule has 0 unspecified atom stereocenters. The molecule has 0 atom stereocenters. The lowest BCUT2D eigenvalue weighted by Crippen LogP contribution is -1.98. The van der Waals surface area contributed by atoms with Crippen LogP contribution >= 0.6 is 11.3 Å². The predicted octanol–water partition coefficient (Wildman–Crippen LogP) is 17.5. The van der Waals surface area contributed by atoms with Crippen molar-refractivity contribution < 1.29 is 0 Å². The lowest BCUT2D eigenvalue weighted by atomic mass is 9.86. The number of aromatic nitrogens is 3. The maximum atomic E-state index is 5.07. The van der Waals surface area contributed by atoms with E-state index in [2.05, 4.69) is 216 Å². The summed E-state index contributed by atoms with van der Waals surface area (Å²) in [6.45, 7) is 0. The zero-order valence-corrected chi connectivity index (χ0v) is 40.1. The first-order valence-corrected chi connectivity index (χ1v) is 25.3. The Morgan fingerprint density at radius 1 is 0.282 bits per heavy atom. The van der Waals surface area contributed by atoms with Gasteiger partial charge in [-0.3, -0.25) is 15.0 Å². The van der Waals surface area contributed by atoms with Gasteiger partial charge < -0.3 is 0 Å². The number of benzene rings is 8. The van der Waals surface area contributed by atoms with E-state index in [0.717, 1.165) is 65.0 Å². The molecule has 0 radical (unpaired) electrons. The SMILES string of the molecule is c1ccc(-c2ccc(-c3cc(-c4nccc5c4sc4ccccc45)ccc3-c3ccccc3-c3cc(CCc4ccc(-c5ccccn5)cc4)cc(CCc4ccc(-c5ccccn5)cc4)c3)cc2)cc1. The molecule has 0 spiro atoms. The van der Waals surface area contributed by atoms with Gasteiger partial charge in [0.25, 0.3) is 0 Å². The summed E-state index contributed by atoms with van der Waals surface area (Å²) < 4.78 is 2.49. The van der Waals surface area contributed by atoms with Crippen molar-refractivity contribution in [3.05, 3.63) is 271 Å². The number of hydrogen-bond donors (Lipinski definition) is 0. The highest BCUT2D eigenvalue weighted by Gasteiger charge is 2.18. The second kappa shape index (κ2) is 19.8. The third kappa shape index (κ3) is 9.34. The third-order valence-corrected chi connectivity index (χ3v) is 14.9. The lowest BCUT2D eigenvalue weighted by Gasteiger charge is -2.18. The number of pyridine rings is 3. The van der Waals surface area contributed by atoms with Gasteiger partial charge in [0.2, 0.25) is 0 Å². The average Bonchev–Trinajstić information content (AvgIpc) is 3.84. The Balaban J connectivity index is 0.936. The van der Waals surface area contributed by atoms with Crippen LogP contribution in [0.5, 0.6) is 0 Å². The molecule has 0 saturated carbocycles. The molecular formula is C67H49N3S. The zero-order chi connectivity index (χ0) is 47.3. The van der Waals surface area contributed by atoms with Crippen molar-refractivity contribution in [1.82, 2.24) is 15.0 Å². The van der Waals surface area contributed by atoms with Crippen LogP contribution in [0, 0.1) is 0 Å². The molecule has 338 valence electrons. The van der Waals surface area contributed by atoms with Gasteiger partial charge in [-0.15, -0.1) is 11.3 Å². The normalized spacial score (nSPS) is 11.3. The van der Waals surface area contributed by atoms with E-state index in [0.29, 0.717) is 0 Å². The van der Waals surface area contributed by atoms with Crippen molar-refractivity contribution in [3.8, 4) is 78.3 Å². The fourth-order valence-corrected chi connectivity index (χ4v) is 11.2. The van der Waals surface area contributed by atoms with Crippen molar-refractivity contribution in [2.24, 2.45) is 0 Å². The first-order chi connectivity index (χ1) is 35.2. The van der Waals surface area contributed by atoms with Crippen LogP contribution in [0.3, 0.4) is 0 Å².